The van der Waals surface area contributed by atoms with E-state index in [1.807, 2.05) is 0 Å². The zero-order chi connectivity index (χ0) is 102. The minimum absolute atomic E-state index is 0. The largest absolute Gasteiger partial charge is 2.00 e. The standard InChI is InChI=1S/6C18H36O2S.2CH3.2S.2Sn/c6*1-15(2)11-7-5-9-13-18(21,17(19)20)14-10-6-8-12-16(3)4;;;;;;/h6*15-16,21H,5-14H2,1-4H3,(H,19,20);2*1H3;;;;/q;;;;;;;;2*-2;2*+2/p-6. The van der Waals surface area contributed by atoms with Crippen molar-refractivity contribution < 1.29 is 59.4 Å². The molecule has 22 heteroatoms. The first kappa shape index (κ1) is 153. The molecule has 0 aromatic heterocycles. The average molecular weight is 2220 g/mol. The number of aliphatic carboxylic acids is 6. The summed E-state index contributed by atoms with van der Waals surface area (Å²) in [6.45, 7) is 53.4. The van der Waals surface area contributed by atoms with Crippen molar-refractivity contribution in [1.82, 2.24) is 0 Å². The van der Waals surface area contributed by atoms with E-state index in [0.29, 0.717) is 77.0 Å². The predicted molar refractivity (Wildman–Crippen MR) is 593 cm³/mol. The molecule has 0 bridgehead atoms. The minimum Gasteiger partial charge on any atom is -2.00 e. The summed E-state index contributed by atoms with van der Waals surface area (Å²) >= 11 is 29.7. The zero-order valence-electron chi connectivity index (χ0n) is 90.8. The second kappa shape index (κ2) is 99.6. The average Bonchev–Trinajstić information content (AvgIpc) is 0.905. The Morgan fingerprint density at radius 3 is 0.265 bits per heavy atom. The summed E-state index contributed by atoms with van der Waals surface area (Å²) < 4.78 is -5.53. The van der Waals surface area contributed by atoms with Crippen molar-refractivity contribution in [2.24, 2.45) is 71.0 Å². The van der Waals surface area contributed by atoms with Crippen molar-refractivity contribution in [3.05, 3.63) is 0 Å². The van der Waals surface area contributed by atoms with Crippen molar-refractivity contribution >= 4 is 184 Å². The second-order valence-corrected chi connectivity index (χ2v) is 49.0. The Morgan fingerprint density at radius 2 is 0.220 bits per heavy atom. The van der Waals surface area contributed by atoms with Gasteiger partial charge >= 0.3 is 54.9 Å². The minimum atomic E-state index is -0.987. The van der Waals surface area contributed by atoms with E-state index in [1.54, 1.807) is 45.0 Å². The fourth-order valence-corrected chi connectivity index (χ4v) is 17.6. The van der Waals surface area contributed by atoms with E-state index in [2.05, 4.69) is 252 Å². The molecule has 790 valence electrons. The van der Waals surface area contributed by atoms with E-state index in [4.69, 9.17) is 0 Å². The van der Waals surface area contributed by atoms with Crippen molar-refractivity contribution in [3.63, 3.8) is 0 Å². The van der Waals surface area contributed by atoms with Gasteiger partial charge in [0.05, 0.1) is 64.3 Å². The first-order chi connectivity index (χ1) is 60.7. The van der Waals surface area contributed by atoms with Gasteiger partial charge in [-0.05, 0) is 148 Å². The summed E-state index contributed by atoms with van der Waals surface area (Å²) in [7, 11) is 0. The number of carboxylic acids is 6. The van der Waals surface area contributed by atoms with Crippen molar-refractivity contribution in [2.75, 3.05) is 0 Å². The van der Waals surface area contributed by atoms with Gasteiger partial charge in [-0.25, -0.2) is 0 Å². The van der Waals surface area contributed by atoms with Crippen LogP contribution in [-0.4, -0.2) is 109 Å². The normalized spacial score (nSPS) is 11.8. The van der Waals surface area contributed by atoms with Crippen LogP contribution in [0.3, 0.4) is 0 Å². The van der Waals surface area contributed by atoms with E-state index in [-0.39, 0.29) is 27.0 Å². The molecule has 2 radical (unpaired) electrons. The molecule has 0 heterocycles. The van der Waals surface area contributed by atoms with Crippen LogP contribution >= 0.6 is 75.8 Å². The summed E-state index contributed by atoms with van der Waals surface area (Å²) in [5.41, 5.74) is 0. The topological polar surface area (TPSA) is 241 Å². The fourth-order valence-electron chi connectivity index (χ4n) is 15.7. The Morgan fingerprint density at radius 1 is 0.159 bits per heavy atom. The second-order valence-electron chi connectivity index (χ2n) is 43.8. The summed E-state index contributed by atoms with van der Waals surface area (Å²) in [5.74, 6) is 2.83. The molecular weight excluding hydrogens is 2010 g/mol. The van der Waals surface area contributed by atoms with Crippen LogP contribution in [0.5, 0.6) is 0 Å². The zero-order valence-corrected chi connectivity index (χ0v) is 103. The summed E-state index contributed by atoms with van der Waals surface area (Å²) in [4.78, 5) is 72.4. The van der Waals surface area contributed by atoms with Gasteiger partial charge in [0.15, 0.2) is 0 Å². The van der Waals surface area contributed by atoms with Crippen LogP contribution < -0.4 is 30.6 Å². The maximum Gasteiger partial charge on any atom is -2.00 e. The molecule has 0 N–H and O–H groups in total. The molecule has 0 unspecified atom stereocenters. The van der Waals surface area contributed by atoms with Gasteiger partial charge < -0.3 is 86.4 Å². The van der Waals surface area contributed by atoms with Gasteiger partial charge in [-0.2, -0.15) is 75.8 Å². The van der Waals surface area contributed by atoms with Crippen LogP contribution in [0.25, 0.3) is 0 Å². The van der Waals surface area contributed by atoms with Gasteiger partial charge in [-0.1, -0.05) is 474 Å². The molecule has 0 rings (SSSR count). The Bertz CT molecular complexity index is 2000. The predicted octanol–water partition coefficient (Wildman–Crippen LogP) is 28.1. The number of carbonyl (C=O) groups excluding carboxylic acids is 6. The Balaban J connectivity index is -0.000000167. The van der Waals surface area contributed by atoms with Crippen LogP contribution in [0, 0.1) is 71.0 Å². The molecule has 0 saturated heterocycles. The third-order valence-electron chi connectivity index (χ3n) is 24.7. The van der Waals surface area contributed by atoms with E-state index >= 15 is 0 Å². The summed E-state index contributed by atoms with van der Waals surface area (Å²) in [5, 5.41) is 68.3. The number of carbonyl (C=O) groups is 6. The van der Waals surface area contributed by atoms with Crippen LogP contribution in [-0.2, 0) is 55.8 Å². The summed E-state index contributed by atoms with van der Waals surface area (Å²) in [6.07, 6.45) is 61.0. The first-order valence-corrected chi connectivity index (χ1v) is 61.7. The van der Waals surface area contributed by atoms with Gasteiger partial charge in [0.1, 0.15) is 0 Å². The van der Waals surface area contributed by atoms with E-state index in [1.165, 1.54) is 154 Å². The third kappa shape index (κ3) is 106. The van der Waals surface area contributed by atoms with Crippen molar-refractivity contribution in [3.8, 4) is 0 Å². The number of hydrogen-bond donors (Lipinski definition) is 6. The van der Waals surface area contributed by atoms with E-state index in [9.17, 15) is 59.4 Å². The maximum atomic E-state index is 11.4. The molecular formula is C110H216O12S8Sn2-6. The maximum absolute atomic E-state index is 11.4. The van der Waals surface area contributed by atoms with Crippen LogP contribution in [0.4, 0.5) is 0 Å². The Kier molecular flexibility index (Phi) is 116. The van der Waals surface area contributed by atoms with Gasteiger partial charge in [-0.15, -0.1) is 0 Å². The molecule has 0 amide bonds. The van der Waals surface area contributed by atoms with Crippen LogP contribution in [0.2, 0.25) is 9.88 Å². The van der Waals surface area contributed by atoms with Crippen molar-refractivity contribution in [1.29, 1.82) is 0 Å². The number of thiol groups is 6. The quantitative estimate of drug-likeness (QED) is 0.0189. The molecule has 132 heavy (non-hydrogen) atoms. The molecule has 0 aromatic rings. The van der Waals surface area contributed by atoms with Gasteiger partial charge in [0.2, 0.25) is 0 Å². The first-order valence-electron chi connectivity index (χ1n) is 53.3. The SMILES string of the molecule is CC(C)CCCCCC(S)(CCCCCC(C)C)C(=O)[O-].CC(C)CCCCCC(S)(CCCCCC(C)C)C(=O)[O-].CC(C)CCCCCC(S)(CCCCCC(C)C)C(=O)[O-].CC(C)CCCCCC(S)(CCCCCC(C)C)C(=O)[O-].CC(C)CCCCCC(S)(CCCCCC(C)C)C(=O)[O-].CC(C)CCCCCC(S)(CCCCCC(C)C)C(=O)[O-].[CH3][Sn+2].[CH3][Sn+2].[S-2].[S-2]. The van der Waals surface area contributed by atoms with Crippen LogP contribution in [0.15, 0.2) is 0 Å². The monoisotopic (exact) mass is 2230 g/mol. The van der Waals surface area contributed by atoms with Crippen LogP contribution in [0.1, 0.15) is 551 Å². The molecule has 0 saturated carbocycles. The van der Waals surface area contributed by atoms with E-state index in [0.717, 1.165) is 225 Å². The van der Waals surface area contributed by atoms with E-state index < -0.39 is 64.3 Å². The molecule has 0 aliphatic rings. The van der Waals surface area contributed by atoms with Gasteiger partial charge in [0.25, 0.3) is 0 Å². The molecule has 0 aromatic carbocycles. The Hall–Kier alpha value is 1.22. The molecule has 0 spiro atoms. The summed E-state index contributed by atoms with van der Waals surface area (Å²) in [6, 6.07) is 0. The molecule has 0 fully saturated rings. The van der Waals surface area contributed by atoms with Crippen molar-refractivity contribution in [2.45, 2.75) is 590 Å². The molecule has 0 atom stereocenters. The molecule has 0 aliphatic carbocycles. The van der Waals surface area contributed by atoms with Gasteiger partial charge in [0, 0.05) is 0 Å². The number of hydrogen-bond acceptors (Lipinski definition) is 18. The third-order valence-corrected chi connectivity index (χ3v) is 28.5. The number of carboxylic acid groups (broad SMARTS) is 6. The molecule has 12 nitrogen and oxygen atoms in total. The fraction of sp³-hybridized carbons (Fsp3) is 0.945. The van der Waals surface area contributed by atoms with Gasteiger partial charge in [-0.3, -0.25) is 0 Å². The number of unbranched alkanes of at least 4 members (excludes halogenated alkanes) is 24. The molecule has 0 aliphatic heterocycles. The Labute approximate surface area is 895 Å². The number of rotatable bonds is 78. The smallest absolute Gasteiger partial charge is 2.00 e.